The van der Waals surface area contributed by atoms with Crippen molar-refractivity contribution in [3.05, 3.63) is 64.2 Å². The van der Waals surface area contributed by atoms with Crippen molar-refractivity contribution in [2.75, 3.05) is 20.2 Å². The first kappa shape index (κ1) is 16.9. The molecule has 0 radical (unpaired) electrons. The third-order valence-electron chi connectivity index (χ3n) is 3.66. The summed E-state index contributed by atoms with van der Waals surface area (Å²) in [5.74, 6) is 0.908. The van der Waals surface area contributed by atoms with Crippen LogP contribution in [0.5, 0.6) is 5.75 Å². The summed E-state index contributed by atoms with van der Waals surface area (Å²) in [6, 6.07) is 14.5. The summed E-state index contributed by atoms with van der Waals surface area (Å²) in [4.78, 5) is 2.32. The highest BCUT2D eigenvalue weighted by molar-refractivity contribution is 6.32. The van der Waals surface area contributed by atoms with Crippen molar-refractivity contribution in [1.29, 1.82) is 0 Å². The quantitative estimate of drug-likeness (QED) is 0.676. The van der Waals surface area contributed by atoms with Crippen LogP contribution in [0.2, 0.25) is 5.02 Å². The van der Waals surface area contributed by atoms with Gasteiger partial charge in [0, 0.05) is 18.1 Å². The molecule has 2 aromatic rings. The highest BCUT2D eigenvalue weighted by atomic mass is 35.5. The zero-order valence-electron chi connectivity index (χ0n) is 13.6. The molecular formula is C19H24ClNO. The minimum absolute atomic E-state index is 0.722. The number of rotatable bonds is 7. The van der Waals surface area contributed by atoms with Crippen LogP contribution in [-0.4, -0.2) is 25.1 Å². The van der Waals surface area contributed by atoms with Crippen LogP contribution >= 0.6 is 11.6 Å². The van der Waals surface area contributed by atoms with Crippen molar-refractivity contribution < 1.29 is 4.74 Å². The molecule has 0 amide bonds. The van der Waals surface area contributed by atoms with E-state index in [1.165, 1.54) is 5.56 Å². The van der Waals surface area contributed by atoms with Crippen LogP contribution < -0.4 is 4.74 Å². The Balaban J connectivity index is 1.73. The van der Waals surface area contributed by atoms with E-state index in [1.54, 1.807) is 0 Å². The number of nitrogens with zero attached hydrogens (tertiary/aromatic N) is 1. The van der Waals surface area contributed by atoms with Gasteiger partial charge in [-0.05, 0) is 56.1 Å². The topological polar surface area (TPSA) is 12.5 Å². The standard InChI is InChI=1S/C19H24ClNO/c1-15-12-18(13-16(2)19(15)20)22-11-7-10-21(3)14-17-8-5-4-6-9-17/h4-6,8-9,12-13H,7,10-11,14H2,1-3H3. The average molecular weight is 318 g/mol. The number of hydrogen-bond donors (Lipinski definition) is 0. The number of halogens is 1. The van der Waals surface area contributed by atoms with E-state index in [1.807, 2.05) is 32.0 Å². The van der Waals surface area contributed by atoms with Crippen molar-refractivity contribution in [3.8, 4) is 5.75 Å². The van der Waals surface area contributed by atoms with Gasteiger partial charge in [-0.1, -0.05) is 41.9 Å². The van der Waals surface area contributed by atoms with E-state index in [0.29, 0.717) is 0 Å². The van der Waals surface area contributed by atoms with Gasteiger partial charge in [0.05, 0.1) is 6.61 Å². The summed E-state index contributed by atoms with van der Waals surface area (Å²) in [6.45, 7) is 6.73. The fourth-order valence-corrected chi connectivity index (χ4v) is 2.60. The molecule has 118 valence electrons. The van der Waals surface area contributed by atoms with E-state index in [0.717, 1.165) is 48.0 Å². The summed E-state index contributed by atoms with van der Waals surface area (Å²) in [7, 11) is 2.14. The Morgan fingerprint density at radius 2 is 1.68 bits per heavy atom. The molecule has 2 rings (SSSR count). The molecule has 0 aromatic heterocycles. The molecule has 0 aliphatic heterocycles. The zero-order valence-corrected chi connectivity index (χ0v) is 14.4. The van der Waals surface area contributed by atoms with E-state index < -0.39 is 0 Å². The lowest BCUT2D eigenvalue weighted by molar-refractivity contribution is 0.258. The van der Waals surface area contributed by atoms with Gasteiger partial charge in [0.15, 0.2) is 0 Å². The Bertz CT molecular complexity index is 575. The highest BCUT2D eigenvalue weighted by Crippen LogP contribution is 2.25. The van der Waals surface area contributed by atoms with Gasteiger partial charge in [-0.15, -0.1) is 0 Å². The molecule has 3 heteroatoms. The first-order valence-corrected chi connectivity index (χ1v) is 8.06. The third kappa shape index (κ3) is 5.04. The van der Waals surface area contributed by atoms with E-state index in [2.05, 4.69) is 36.2 Å². The monoisotopic (exact) mass is 317 g/mol. The number of hydrogen-bond acceptors (Lipinski definition) is 2. The van der Waals surface area contributed by atoms with E-state index in [4.69, 9.17) is 16.3 Å². The van der Waals surface area contributed by atoms with Gasteiger partial charge in [-0.25, -0.2) is 0 Å². The molecule has 0 fully saturated rings. The van der Waals surface area contributed by atoms with Crippen LogP contribution in [-0.2, 0) is 6.54 Å². The van der Waals surface area contributed by atoms with Crippen molar-refractivity contribution >= 4 is 11.6 Å². The molecule has 0 aliphatic carbocycles. The Morgan fingerprint density at radius 3 is 2.32 bits per heavy atom. The van der Waals surface area contributed by atoms with Crippen LogP contribution in [0.3, 0.4) is 0 Å². The maximum Gasteiger partial charge on any atom is 0.119 e. The van der Waals surface area contributed by atoms with Crippen molar-refractivity contribution in [2.24, 2.45) is 0 Å². The lowest BCUT2D eigenvalue weighted by Gasteiger charge is -2.17. The normalized spacial score (nSPS) is 11.0. The Labute approximate surface area is 138 Å². The summed E-state index contributed by atoms with van der Waals surface area (Å²) >= 11 is 6.17. The van der Waals surface area contributed by atoms with E-state index in [-0.39, 0.29) is 0 Å². The zero-order chi connectivity index (χ0) is 15.9. The summed E-state index contributed by atoms with van der Waals surface area (Å²) < 4.78 is 5.84. The first-order valence-electron chi connectivity index (χ1n) is 7.68. The summed E-state index contributed by atoms with van der Waals surface area (Å²) in [5.41, 5.74) is 3.48. The lowest BCUT2D eigenvalue weighted by atomic mass is 10.1. The van der Waals surface area contributed by atoms with Crippen LogP contribution in [0.15, 0.2) is 42.5 Å². The van der Waals surface area contributed by atoms with Gasteiger partial charge >= 0.3 is 0 Å². The summed E-state index contributed by atoms with van der Waals surface area (Å²) in [5, 5.41) is 0.829. The molecule has 0 N–H and O–H groups in total. The van der Waals surface area contributed by atoms with Crippen LogP contribution in [0, 0.1) is 13.8 Å². The van der Waals surface area contributed by atoms with Gasteiger partial charge in [0.1, 0.15) is 5.75 Å². The predicted molar refractivity (Wildman–Crippen MR) is 93.8 cm³/mol. The fraction of sp³-hybridized carbons (Fsp3) is 0.368. The summed E-state index contributed by atoms with van der Waals surface area (Å²) in [6.07, 6.45) is 1.00. The minimum atomic E-state index is 0.722. The van der Waals surface area contributed by atoms with E-state index in [9.17, 15) is 0 Å². The largest absolute Gasteiger partial charge is 0.494 e. The molecule has 0 bridgehead atoms. The second-order valence-corrected chi connectivity index (χ2v) is 6.17. The smallest absolute Gasteiger partial charge is 0.119 e. The SMILES string of the molecule is Cc1cc(OCCCN(C)Cc2ccccc2)cc(C)c1Cl. The molecule has 2 nitrogen and oxygen atoms in total. The van der Waals surface area contributed by atoms with Crippen LogP contribution in [0.4, 0.5) is 0 Å². The second kappa shape index (κ2) is 8.21. The number of aryl methyl sites for hydroxylation is 2. The molecule has 0 saturated carbocycles. The molecule has 22 heavy (non-hydrogen) atoms. The molecule has 0 aliphatic rings. The molecule has 0 saturated heterocycles. The van der Waals surface area contributed by atoms with Gasteiger partial charge in [-0.3, -0.25) is 0 Å². The highest BCUT2D eigenvalue weighted by Gasteiger charge is 2.04. The van der Waals surface area contributed by atoms with Crippen LogP contribution in [0.1, 0.15) is 23.1 Å². The average Bonchev–Trinajstić information content (AvgIpc) is 2.50. The second-order valence-electron chi connectivity index (χ2n) is 5.80. The fourth-order valence-electron chi connectivity index (χ4n) is 2.49. The molecule has 0 heterocycles. The maximum absolute atomic E-state index is 6.17. The van der Waals surface area contributed by atoms with Gasteiger partial charge in [0.2, 0.25) is 0 Å². The van der Waals surface area contributed by atoms with Gasteiger partial charge in [0.25, 0.3) is 0 Å². The van der Waals surface area contributed by atoms with Crippen molar-refractivity contribution in [2.45, 2.75) is 26.8 Å². The van der Waals surface area contributed by atoms with Gasteiger partial charge in [-0.2, -0.15) is 0 Å². The predicted octanol–water partition coefficient (Wildman–Crippen LogP) is 4.86. The third-order valence-corrected chi connectivity index (χ3v) is 4.25. The van der Waals surface area contributed by atoms with E-state index >= 15 is 0 Å². The minimum Gasteiger partial charge on any atom is -0.494 e. The molecule has 0 spiro atoms. The molecule has 0 unspecified atom stereocenters. The maximum atomic E-state index is 6.17. The molecule has 0 atom stereocenters. The van der Waals surface area contributed by atoms with Gasteiger partial charge < -0.3 is 9.64 Å². The Kier molecular flexibility index (Phi) is 6.29. The van der Waals surface area contributed by atoms with Crippen molar-refractivity contribution in [3.63, 3.8) is 0 Å². The molecule has 2 aromatic carbocycles. The van der Waals surface area contributed by atoms with Crippen LogP contribution in [0.25, 0.3) is 0 Å². The molecular weight excluding hydrogens is 294 g/mol. The number of ether oxygens (including phenoxy) is 1. The first-order chi connectivity index (χ1) is 10.6. The number of benzene rings is 2. The lowest BCUT2D eigenvalue weighted by Crippen LogP contribution is -2.20. The van der Waals surface area contributed by atoms with Crippen molar-refractivity contribution in [1.82, 2.24) is 4.90 Å². The Morgan fingerprint density at radius 1 is 1.05 bits per heavy atom. The Hall–Kier alpha value is -1.51.